The molecule has 0 heterocycles. The lowest BCUT2D eigenvalue weighted by Gasteiger charge is -2.56. The predicted octanol–water partition coefficient (Wildman–Crippen LogP) is 3.51. The van der Waals surface area contributed by atoms with Crippen LogP contribution < -0.4 is 5.32 Å². The van der Waals surface area contributed by atoms with Crippen LogP contribution in [-0.2, 0) is 4.79 Å². The van der Waals surface area contributed by atoms with Crippen LogP contribution in [0.2, 0.25) is 0 Å². The molecule has 0 aliphatic heterocycles. The number of hydrogen-bond acceptors (Lipinski definition) is 1. The van der Waals surface area contributed by atoms with Crippen molar-refractivity contribution in [2.45, 2.75) is 64.2 Å². The summed E-state index contributed by atoms with van der Waals surface area (Å²) >= 11 is 0. The van der Waals surface area contributed by atoms with Gasteiger partial charge < -0.3 is 5.32 Å². The number of carbonyl (C=O) groups excluding carboxylic acids is 1. The zero-order chi connectivity index (χ0) is 14.0. The SMILES string of the molecule is C#CCCCCNC(=O)CC12CC3CC(CC(C3)C1)C2. The first-order valence-corrected chi connectivity index (χ1v) is 8.39. The Morgan fingerprint density at radius 3 is 2.25 bits per heavy atom. The molecule has 4 aliphatic rings. The largest absolute Gasteiger partial charge is 0.356 e. The molecule has 0 unspecified atom stereocenters. The Balaban J connectivity index is 1.45. The first kappa shape index (κ1) is 14.0. The van der Waals surface area contributed by atoms with Gasteiger partial charge in [0.15, 0.2) is 0 Å². The molecule has 20 heavy (non-hydrogen) atoms. The van der Waals surface area contributed by atoms with Crippen molar-refractivity contribution in [2.24, 2.45) is 23.2 Å². The summed E-state index contributed by atoms with van der Waals surface area (Å²) < 4.78 is 0. The molecule has 0 atom stereocenters. The van der Waals surface area contributed by atoms with E-state index < -0.39 is 0 Å². The highest BCUT2D eigenvalue weighted by Gasteiger charge is 2.51. The average molecular weight is 273 g/mol. The maximum absolute atomic E-state index is 12.2. The van der Waals surface area contributed by atoms with Crippen molar-refractivity contribution in [1.29, 1.82) is 0 Å². The van der Waals surface area contributed by atoms with E-state index in [1.54, 1.807) is 0 Å². The Bertz CT molecular complexity index is 371. The van der Waals surface area contributed by atoms with E-state index in [-0.39, 0.29) is 5.91 Å². The van der Waals surface area contributed by atoms with Crippen molar-refractivity contribution < 1.29 is 4.79 Å². The molecule has 1 amide bonds. The summed E-state index contributed by atoms with van der Waals surface area (Å²) in [7, 11) is 0. The van der Waals surface area contributed by atoms with Gasteiger partial charge in [0, 0.05) is 19.4 Å². The molecule has 4 saturated carbocycles. The minimum absolute atomic E-state index is 0.285. The van der Waals surface area contributed by atoms with Crippen LogP contribution in [0.25, 0.3) is 0 Å². The average Bonchev–Trinajstić information content (AvgIpc) is 2.36. The highest BCUT2D eigenvalue weighted by molar-refractivity contribution is 5.76. The predicted molar refractivity (Wildman–Crippen MR) is 80.9 cm³/mol. The zero-order valence-corrected chi connectivity index (χ0v) is 12.5. The van der Waals surface area contributed by atoms with Gasteiger partial charge in [0.2, 0.25) is 5.91 Å². The highest BCUT2D eigenvalue weighted by atomic mass is 16.1. The van der Waals surface area contributed by atoms with E-state index >= 15 is 0 Å². The van der Waals surface area contributed by atoms with Crippen molar-refractivity contribution in [1.82, 2.24) is 5.32 Å². The molecular formula is C18H27NO. The molecule has 4 fully saturated rings. The fraction of sp³-hybridized carbons (Fsp3) is 0.833. The number of unbranched alkanes of at least 4 members (excludes halogenated alkanes) is 2. The zero-order valence-electron chi connectivity index (χ0n) is 12.5. The van der Waals surface area contributed by atoms with E-state index in [4.69, 9.17) is 6.42 Å². The minimum atomic E-state index is 0.285. The standard InChI is InChI=1S/C18H27NO/c1-2-3-4-5-6-19-17(20)13-18-10-14-7-15(11-18)9-16(8-14)12-18/h1,14-16H,3-13H2,(H,19,20). The number of amides is 1. The highest BCUT2D eigenvalue weighted by Crippen LogP contribution is 2.61. The van der Waals surface area contributed by atoms with Gasteiger partial charge in [-0.25, -0.2) is 0 Å². The van der Waals surface area contributed by atoms with E-state index in [2.05, 4.69) is 11.2 Å². The summed E-state index contributed by atoms with van der Waals surface area (Å²) in [5.74, 6) is 5.74. The quantitative estimate of drug-likeness (QED) is 0.582. The summed E-state index contributed by atoms with van der Waals surface area (Å²) in [6, 6.07) is 0. The number of rotatable bonds is 6. The Morgan fingerprint density at radius 2 is 1.70 bits per heavy atom. The van der Waals surface area contributed by atoms with Crippen LogP contribution in [-0.4, -0.2) is 12.5 Å². The van der Waals surface area contributed by atoms with E-state index in [1.807, 2.05) is 0 Å². The molecule has 4 rings (SSSR count). The fourth-order valence-electron chi connectivity index (χ4n) is 5.49. The fourth-order valence-corrected chi connectivity index (χ4v) is 5.49. The number of nitrogens with one attached hydrogen (secondary N) is 1. The lowest BCUT2D eigenvalue weighted by molar-refractivity contribution is -0.129. The molecule has 4 aliphatic carbocycles. The molecule has 110 valence electrons. The van der Waals surface area contributed by atoms with Crippen LogP contribution in [0.4, 0.5) is 0 Å². The number of terminal acetylenes is 1. The van der Waals surface area contributed by atoms with Crippen molar-refractivity contribution in [2.75, 3.05) is 6.54 Å². The third kappa shape index (κ3) is 3.03. The molecule has 0 saturated heterocycles. The van der Waals surface area contributed by atoms with Gasteiger partial charge in [0.05, 0.1) is 0 Å². The molecule has 0 aromatic carbocycles. The summed E-state index contributed by atoms with van der Waals surface area (Å²) in [6.45, 7) is 0.798. The number of carbonyl (C=O) groups is 1. The van der Waals surface area contributed by atoms with Crippen molar-refractivity contribution in [3.63, 3.8) is 0 Å². The molecule has 0 aromatic rings. The topological polar surface area (TPSA) is 29.1 Å². The molecule has 1 N–H and O–H groups in total. The van der Waals surface area contributed by atoms with Gasteiger partial charge in [-0.05, 0) is 74.5 Å². The molecule has 2 nitrogen and oxygen atoms in total. The van der Waals surface area contributed by atoms with Crippen molar-refractivity contribution >= 4 is 5.91 Å². The summed E-state index contributed by atoms with van der Waals surface area (Å²) in [6.07, 6.45) is 17.2. The van der Waals surface area contributed by atoms with Gasteiger partial charge in [-0.3, -0.25) is 4.79 Å². The smallest absolute Gasteiger partial charge is 0.220 e. The van der Waals surface area contributed by atoms with Gasteiger partial charge in [-0.2, -0.15) is 0 Å². The maximum Gasteiger partial charge on any atom is 0.220 e. The van der Waals surface area contributed by atoms with Gasteiger partial charge in [0.1, 0.15) is 0 Å². The molecule has 4 bridgehead atoms. The normalized spacial score (nSPS) is 37.6. The van der Waals surface area contributed by atoms with Gasteiger partial charge >= 0.3 is 0 Å². The Hall–Kier alpha value is -0.970. The second-order valence-electron chi connectivity index (χ2n) is 7.61. The lowest BCUT2D eigenvalue weighted by atomic mass is 9.49. The van der Waals surface area contributed by atoms with Gasteiger partial charge in [-0.1, -0.05) is 0 Å². The van der Waals surface area contributed by atoms with Crippen LogP contribution in [0.15, 0.2) is 0 Å². The van der Waals surface area contributed by atoms with Crippen LogP contribution in [0.5, 0.6) is 0 Å². The van der Waals surface area contributed by atoms with Gasteiger partial charge in [-0.15, -0.1) is 12.3 Å². The second-order valence-corrected chi connectivity index (χ2v) is 7.61. The van der Waals surface area contributed by atoms with E-state index in [0.717, 1.165) is 50.0 Å². The molecule has 2 heteroatoms. The van der Waals surface area contributed by atoms with E-state index in [0.29, 0.717) is 5.41 Å². The summed E-state index contributed by atoms with van der Waals surface area (Å²) in [5, 5.41) is 3.11. The third-order valence-corrected chi connectivity index (χ3v) is 5.77. The van der Waals surface area contributed by atoms with Gasteiger partial charge in [0.25, 0.3) is 0 Å². The Kier molecular flexibility index (Phi) is 4.06. The first-order valence-electron chi connectivity index (χ1n) is 8.39. The van der Waals surface area contributed by atoms with Crippen LogP contribution in [0.3, 0.4) is 0 Å². The molecular weight excluding hydrogens is 246 g/mol. The number of hydrogen-bond donors (Lipinski definition) is 1. The molecule has 0 spiro atoms. The Morgan fingerprint density at radius 1 is 1.10 bits per heavy atom. The minimum Gasteiger partial charge on any atom is -0.356 e. The van der Waals surface area contributed by atoms with E-state index in [9.17, 15) is 4.79 Å². The summed E-state index contributed by atoms with van der Waals surface area (Å²) in [5.41, 5.74) is 0.373. The van der Waals surface area contributed by atoms with Crippen molar-refractivity contribution in [3.05, 3.63) is 0 Å². The van der Waals surface area contributed by atoms with Crippen molar-refractivity contribution in [3.8, 4) is 12.3 Å². The first-order chi connectivity index (χ1) is 9.69. The molecule has 0 radical (unpaired) electrons. The monoisotopic (exact) mass is 273 g/mol. The second kappa shape index (κ2) is 5.80. The summed E-state index contributed by atoms with van der Waals surface area (Å²) in [4.78, 5) is 12.2. The van der Waals surface area contributed by atoms with E-state index in [1.165, 1.54) is 38.5 Å². The lowest BCUT2D eigenvalue weighted by Crippen LogP contribution is -2.48. The van der Waals surface area contributed by atoms with Crippen LogP contribution >= 0.6 is 0 Å². The van der Waals surface area contributed by atoms with Crippen LogP contribution in [0, 0.1) is 35.5 Å². The molecule has 0 aromatic heterocycles. The third-order valence-electron chi connectivity index (χ3n) is 5.77. The Labute approximate surface area is 123 Å². The van der Waals surface area contributed by atoms with Crippen LogP contribution in [0.1, 0.15) is 64.2 Å². The maximum atomic E-state index is 12.2.